The number of benzene rings is 2. The van der Waals surface area contributed by atoms with E-state index in [0.717, 1.165) is 41.8 Å². The van der Waals surface area contributed by atoms with Gasteiger partial charge in [-0.1, -0.05) is 36.8 Å². The Morgan fingerprint density at radius 1 is 1.18 bits per heavy atom. The largest absolute Gasteiger partial charge is 0.598 e. The molecule has 1 unspecified atom stereocenters. The zero-order valence-corrected chi connectivity index (χ0v) is 23.7. The highest BCUT2D eigenvalue weighted by Crippen LogP contribution is 2.57. The lowest BCUT2D eigenvalue weighted by molar-refractivity contribution is -0.0462. The number of nitrogens with one attached hydrogen (secondary N) is 1. The average Bonchev–Trinajstić information content (AvgIpc) is 3.39. The van der Waals surface area contributed by atoms with E-state index < -0.39 is 17.0 Å². The normalized spacial score (nSPS) is 24.5. The van der Waals surface area contributed by atoms with Gasteiger partial charge in [0.2, 0.25) is 0 Å². The van der Waals surface area contributed by atoms with Crippen molar-refractivity contribution in [2.24, 2.45) is 5.41 Å². The first kappa shape index (κ1) is 27.1. The summed E-state index contributed by atoms with van der Waals surface area (Å²) in [5.41, 5.74) is 5.28. The molecule has 38 heavy (non-hydrogen) atoms. The van der Waals surface area contributed by atoms with Crippen LogP contribution in [0.3, 0.4) is 0 Å². The molecule has 0 radical (unpaired) electrons. The Labute approximate surface area is 228 Å². The molecule has 2 aromatic carbocycles. The van der Waals surface area contributed by atoms with Crippen molar-refractivity contribution < 1.29 is 14.0 Å². The molecule has 0 amide bonds. The van der Waals surface area contributed by atoms with E-state index in [9.17, 15) is 14.0 Å². The van der Waals surface area contributed by atoms with Crippen molar-refractivity contribution >= 4 is 17.4 Å². The van der Waals surface area contributed by atoms with Gasteiger partial charge in [-0.05, 0) is 107 Å². The summed E-state index contributed by atoms with van der Waals surface area (Å²) in [6, 6.07) is 14.6. The lowest BCUT2D eigenvalue weighted by Crippen LogP contribution is -2.45. The third-order valence-electron chi connectivity index (χ3n) is 8.53. The summed E-state index contributed by atoms with van der Waals surface area (Å²) in [7, 11) is 0. The fourth-order valence-corrected chi connectivity index (χ4v) is 6.85. The van der Waals surface area contributed by atoms with E-state index in [0.29, 0.717) is 12.8 Å². The van der Waals surface area contributed by atoms with Gasteiger partial charge in [0.25, 0.3) is 0 Å². The van der Waals surface area contributed by atoms with Crippen LogP contribution in [0.5, 0.6) is 0 Å². The molecule has 1 fully saturated rings. The maximum atomic E-state index is 13.5. The Bertz CT molecular complexity index is 1350. The molecule has 0 bridgehead atoms. The van der Waals surface area contributed by atoms with Gasteiger partial charge in [0, 0.05) is 16.8 Å². The molecule has 5 rings (SSSR count). The van der Waals surface area contributed by atoms with Gasteiger partial charge in [0.05, 0.1) is 29.2 Å². The molecule has 3 aromatic rings. The van der Waals surface area contributed by atoms with E-state index in [1.54, 1.807) is 12.1 Å². The fourth-order valence-electron chi connectivity index (χ4n) is 6.04. The van der Waals surface area contributed by atoms with E-state index in [1.807, 2.05) is 43.8 Å². The Hall–Kier alpha value is -2.45. The first-order valence-electron chi connectivity index (χ1n) is 13.4. The van der Waals surface area contributed by atoms with E-state index in [4.69, 9.17) is 0 Å². The molecule has 1 heterocycles. The van der Waals surface area contributed by atoms with Gasteiger partial charge in [-0.15, -0.1) is 4.72 Å². The number of rotatable bonds is 7. The van der Waals surface area contributed by atoms with Crippen LogP contribution in [-0.4, -0.2) is 29.8 Å². The zero-order valence-electron chi connectivity index (χ0n) is 22.9. The van der Waals surface area contributed by atoms with Gasteiger partial charge in [-0.3, -0.25) is 0 Å². The van der Waals surface area contributed by atoms with Crippen molar-refractivity contribution in [3.05, 3.63) is 88.5 Å². The first-order chi connectivity index (χ1) is 17.9. The molecule has 1 aromatic heterocycles. The third-order valence-corrected chi connectivity index (χ3v) is 10.2. The molecule has 0 saturated heterocycles. The summed E-state index contributed by atoms with van der Waals surface area (Å²) >= 11 is -1.17. The minimum atomic E-state index is -1.17. The average molecular weight is 536 g/mol. The highest BCUT2D eigenvalue weighted by Gasteiger charge is 2.54. The Morgan fingerprint density at radius 2 is 1.89 bits per heavy atom. The van der Waals surface area contributed by atoms with Crippen LogP contribution in [-0.2, 0) is 24.2 Å². The maximum Gasteiger partial charge on any atom is 0.136 e. The molecule has 4 atom stereocenters. The molecular formula is C31H38FN3O2S. The number of aromatic nitrogens is 2. The van der Waals surface area contributed by atoms with Crippen molar-refractivity contribution in [1.82, 2.24) is 14.5 Å². The zero-order chi connectivity index (χ0) is 27.3. The standard InChI is InChI=1S/C31H38FN3O2S/c1-21(34-38(37)29(2,3)4)27-9-7-6-8-22(27)14-16-31(36)17-15-24-18-28-23(19-30(24,31)5)20-33-35(28)26-12-10-25(32)11-13-26/h6-13,18,20-21,34,36H,14-17,19H2,1-5H3/t21-,30?,31+,38-/m1/s1. The molecule has 7 heteroatoms. The molecule has 202 valence electrons. The monoisotopic (exact) mass is 535 g/mol. The summed E-state index contributed by atoms with van der Waals surface area (Å²) in [4.78, 5) is 0. The van der Waals surface area contributed by atoms with Crippen LogP contribution < -0.4 is 4.72 Å². The minimum absolute atomic E-state index is 0.0648. The van der Waals surface area contributed by atoms with Crippen LogP contribution in [0.4, 0.5) is 4.39 Å². The molecule has 5 nitrogen and oxygen atoms in total. The number of hydrogen-bond donors (Lipinski definition) is 2. The second-order valence-electron chi connectivity index (χ2n) is 12.1. The Balaban J connectivity index is 1.36. The Kier molecular flexibility index (Phi) is 7.10. The quantitative estimate of drug-likeness (QED) is 0.352. The van der Waals surface area contributed by atoms with Crippen molar-refractivity contribution in [3.8, 4) is 5.69 Å². The van der Waals surface area contributed by atoms with Gasteiger partial charge < -0.3 is 9.66 Å². The van der Waals surface area contributed by atoms with E-state index in [-0.39, 0.29) is 22.0 Å². The van der Waals surface area contributed by atoms with Crippen LogP contribution in [0.15, 0.2) is 60.3 Å². The number of nitrogens with zero attached hydrogens (tertiary/aromatic N) is 2. The van der Waals surface area contributed by atoms with Gasteiger partial charge in [-0.2, -0.15) is 5.10 Å². The SMILES string of the molecule is C[C@@H](N[S@+]([O-])C(C)(C)C)c1ccccc1CC[C@]1(O)CCC2=Cc3c(cnn3-c3ccc(F)cc3)CC21C. The van der Waals surface area contributed by atoms with Crippen LogP contribution in [0.1, 0.15) is 82.3 Å². The van der Waals surface area contributed by atoms with Gasteiger partial charge in [0.15, 0.2) is 0 Å². The summed E-state index contributed by atoms with van der Waals surface area (Å²) in [5.74, 6) is -0.268. The Morgan fingerprint density at radius 3 is 2.61 bits per heavy atom. The molecular weight excluding hydrogens is 497 g/mol. The number of aliphatic hydroxyl groups is 1. The number of halogens is 1. The van der Waals surface area contributed by atoms with E-state index in [1.165, 1.54) is 23.3 Å². The van der Waals surface area contributed by atoms with Gasteiger partial charge >= 0.3 is 0 Å². The third kappa shape index (κ3) is 4.86. The summed E-state index contributed by atoms with van der Waals surface area (Å²) in [5, 5.41) is 16.7. The predicted octanol–water partition coefficient (Wildman–Crippen LogP) is 6.23. The topological polar surface area (TPSA) is 73.1 Å². The van der Waals surface area contributed by atoms with Crippen molar-refractivity contribution in [1.29, 1.82) is 0 Å². The van der Waals surface area contributed by atoms with Crippen molar-refractivity contribution in [2.45, 2.75) is 83.1 Å². The smallest absolute Gasteiger partial charge is 0.136 e. The van der Waals surface area contributed by atoms with Crippen LogP contribution in [0.25, 0.3) is 11.8 Å². The number of fused-ring (bicyclic) bond motifs is 2. The van der Waals surface area contributed by atoms with Crippen LogP contribution in [0.2, 0.25) is 0 Å². The molecule has 0 aliphatic heterocycles. The summed E-state index contributed by atoms with van der Waals surface area (Å²) in [6.45, 7) is 10.1. The maximum absolute atomic E-state index is 13.5. The number of aryl methyl sites for hydroxylation is 1. The summed E-state index contributed by atoms with van der Waals surface area (Å²) < 4.78 is 31.0. The van der Waals surface area contributed by atoms with Gasteiger partial charge in [-0.25, -0.2) is 9.07 Å². The highest BCUT2D eigenvalue weighted by atomic mass is 32.2. The highest BCUT2D eigenvalue weighted by molar-refractivity contribution is 7.90. The number of hydrogen-bond acceptors (Lipinski definition) is 4. The van der Waals surface area contributed by atoms with Crippen LogP contribution >= 0.6 is 0 Å². The fraction of sp³-hybridized carbons (Fsp3) is 0.452. The lowest BCUT2D eigenvalue weighted by Gasteiger charge is -2.42. The minimum Gasteiger partial charge on any atom is -0.598 e. The molecule has 1 saturated carbocycles. The lowest BCUT2D eigenvalue weighted by atomic mass is 9.65. The molecule has 2 aliphatic rings. The molecule has 2 N–H and O–H groups in total. The summed E-state index contributed by atoms with van der Waals surface area (Å²) in [6.07, 6.45) is 7.73. The van der Waals surface area contributed by atoms with Crippen molar-refractivity contribution in [3.63, 3.8) is 0 Å². The van der Waals surface area contributed by atoms with E-state index in [2.05, 4.69) is 41.9 Å². The van der Waals surface area contributed by atoms with E-state index >= 15 is 0 Å². The van der Waals surface area contributed by atoms with Crippen molar-refractivity contribution in [2.75, 3.05) is 0 Å². The molecule has 2 aliphatic carbocycles. The van der Waals surface area contributed by atoms with Gasteiger partial charge in [0.1, 0.15) is 10.6 Å². The predicted molar refractivity (Wildman–Crippen MR) is 152 cm³/mol. The first-order valence-corrected chi connectivity index (χ1v) is 14.6. The van der Waals surface area contributed by atoms with Crippen LogP contribution in [0, 0.1) is 11.2 Å². The molecule has 0 spiro atoms. The second kappa shape index (κ2) is 9.94. The second-order valence-corrected chi connectivity index (χ2v) is 14.1.